The first-order valence-corrected chi connectivity index (χ1v) is 19.6. The average molecular weight is 751 g/mol. The number of carbonyl (C=O) groups is 2. The summed E-state index contributed by atoms with van der Waals surface area (Å²) < 4.78 is 12.2. The molecule has 0 radical (unpaired) electrons. The van der Waals surface area contributed by atoms with E-state index in [2.05, 4.69) is 58.4 Å². The fraction of sp³-hybridized carbons (Fsp3) is 0.610. The predicted octanol–water partition coefficient (Wildman–Crippen LogP) is 4.64. The van der Waals surface area contributed by atoms with Gasteiger partial charge in [0.25, 0.3) is 0 Å². The second-order valence-corrected chi connectivity index (χ2v) is 16.6. The SMILES string of the molecule is CC(=O)O[C@@H]1C(C)=C[C@@H]2[C@H](C(C)CN3CCCN(Cc4ccccc4)CC3)CC[C@@H](C)[C@]2(O)[C@H]1OC(=O)[C@@H]1C[C@@]2(O)c3cccc(Cl)c3N(C)O[C@H]2N1. The molecular formula is C41H55ClN4O7. The molecule has 3 aliphatic heterocycles. The average Bonchev–Trinajstić information content (AvgIpc) is 3.32. The van der Waals surface area contributed by atoms with Crippen LogP contribution in [-0.2, 0) is 36.0 Å². The largest absolute Gasteiger partial charge is 0.454 e. The van der Waals surface area contributed by atoms with Crippen LogP contribution in [0.15, 0.2) is 60.2 Å². The summed E-state index contributed by atoms with van der Waals surface area (Å²) >= 11 is 6.49. The van der Waals surface area contributed by atoms with Gasteiger partial charge in [-0.25, -0.2) is 0 Å². The summed E-state index contributed by atoms with van der Waals surface area (Å²) in [5.74, 6) is -1.37. The molecule has 12 heteroatoms. The molecule has 2 aromatic rings. The van der Waals surface area contributed by atoms with E-state index in [1.165, 1.54) is 17.6 Å². The van der Waals surface area contributed by atoms with E-state index in [4.69, 9.17) is 25.9 Å². The molecular weight excluding hydrogens is 696 g/mol. The van der Waals surface area contributed by atoms with Crippen LogP contribution in [0.2, 0.25) is 5.02 Å². The van der Waals surface area contributed by atoms with Crippen LogP contribution in [0.3, 0.4) is 0 Å². The number of benzene rings is 2. The lowest BCUT2D eigenvalue weighted by molar-refractivity contribution is -0.225. The van der Waals surface area contributed by atoms with Crippen LogP contribution < -0.4 is 10.4 Å². The van der Waals surface area contributed by atoms with Crippen molar-refractivity contribution in [1.29, 1.82) is 0 Å². The maximum Gasteiger partial charge on any atom is 0.323 e. The number of hydroxylamine groups is 1. The minimum atomic E-state index is -1.56. The van der Waals surface area contributed by atoms with Crippen molar-refractivity contribution in [3.63, 3.8) is 0 Å². The summed E-state index contributed by atoms with van der Waals surface area (Å²) in [6, 6.07) is 14.9. The predicted molar refractivity (Wildman–Crippen MR) is 202 cm³/mol. The Balaban J connectivity index is 1.09. The van der Waals surface area contributed by atoms with Gasteiger partial charge in [-0.15, -0.1) is 0 Å². The van der Waals surface area contributed by atoms with Crippen LogP contribution in [0.5, 0.6) is 0 Å². The van der Waals surface area contributed by atoms with Gasteiger partial charge in [-0.3, -0.25) is 29.7 Å². The first-order chi connectivity index (χ1) is 25.3. The lowest BCUT2D eigenvalue weighted by Crippen LogP contribution is -2.66. The topological polar surface area (TPSA) is 124 Å². The Bertz CT molecular complexity index is 1700. The van der Waals surface area contributed by atoms with Gasteiger partial charge in [0.2, 0.25) is 0 Å². The minimum Gasteiger partial charge on any atom is -0.454 e. The Morgan fingerprint density at radius 2 is 1.77 bits per heavy atom. The molecule has 1 unspecified atom stereocenters. The van der Waals surface area contributed by atoms with Crippen molar-refractivity contribution in [2.24, 2.45) is 23.7 Å². The molecule has 2 aromatic carbocycles. The normalized spacial score (nSPS) is 35.3. The number of halogens is 1. The first kappa shape index (κ1) is 38.3. The van der Waals surface area contributed by atoms with E-state index in [0.717, 1.165) is 64.1 Å². The number of fused-ring (bicyclic) bond motifs is 4. The molecule has 10 atom stereocenters. The highest BCUT2D eigenvalue weighted by molar-refractivity contribution is 6.33. The highest BCUT2D eigenvalue weighted by Gasteiger charge is 2.62. The zero-order valence-corrected chi connectivity index (χ0v) is 32.3. The third-order valence-electron chi connectivity index (χ3n) is 12.7. The molecule has 288 valence electrons. The summed E-state index contributed by atoms with van der Waals surface area (Å²) in [6.07, 6.45) is 1.77. The van der Waals surface area contributed by atoms with Crippen molar-refractivity contribution in [2.45, 2.75) is 95.6 Å². The van der Waals surface area contributed by atoms with Crippen LogP contribution in [0.25, 0.3) is 0 Å². The number of aliphatic hydroxyl groups is 2. The highest BCUT2D eigenvalue weighted by atomic mass is 35.5. The maximum atomic E-state index is 14.2. The number of para-hydroxylation sites is 1. The molecule has 3 heterocycles. The van der Waals surface area contributed by atoms with Gasteiger partial charge in [-0.05, 0) is 74.2 Å². The zero-order valence-electron chi connectivity index (χ0n) is 31.5. The number of ether oxygens (including phenoxy) is 2. The van der Waals surface area contributed by atoms with Gasteiger partial charge >= 0.3 is 11.9 Å². The van der Waals surface area contributed by atoms with Crippen LogP contribution >= 0.6 is 11.6 Å². The van der Waals surface area contributed by atoms with Gasteiger partial charge in [-0.1, -0.05) is 74.0 Å². The van der Waals surface area contributed by atoms with E-state index in [-0.39, 0.29) is 30.1 Å². The lowest BCUT2D eigenvalue weighted by Gasteiger charge is -2.56. The van der Waals surface area contributed by atoms with E-state index in [0.29, 0.717) is 16.3 Å². The van der Waals surface area contributed by atoms with Crippen LogP contribution in [0.4, 0.5) is 5.69 Å². The molecule has 0 spiro atoms. The van der Waals surface area contributed by atoms with Crippen LogP contribution in [-0.4, -0.2) is 102 Å². The quantitative estimate of drug-likeness (QED) is 0.259. The Morgan fingerprint density at radius 3 is 2.53 bits per heavy atom. The van der Waals surface area contributed by atoms with Crippen molar-refractivity contribution in [3.8, 4) is 0 Å². The second kappa shape index (κ2) is 15.2. The summed E-state index contributed by atoms with van der Waals surface area (Å²) in [7, 11) is 1.70. The van der Waals surface area contributed by atoms with Crippen LogP contribution in [0.1, 0.15) is 64.5 Å². The number of nitrogens with zero attached hydrogens (tertiary/aromatic N) is 3. The number of nitrogens with one attached hydrogen (secondary N) is 1. The summed E-state index contributed by atoms with van der Waals surface area (Å²) in [4.78, 5) is 37.8. The van der Waals surface area contributed by atoms with Crippen molar-refractivity contribution in [3.05, 3.63) is 76.3 Å². The van der Waals surface area contributed by atoms with E-state index in [1.54, 1.807) is 25.2 Å². The van der Waals surface area contributed by atoms with Gasteiger partial charge in [0.15, 0.2) is 18.4 Å². The molecule has 2 saturated heterocycles. The monoisotopic (exact) mass is 750 g/mol. The maximum absolute atomic E-state index is 14.2. The van der Waals surface area contributed by atoms with Gasteiger partial charge in [0.1, 0.15) is 17.2 Å². The third-order valence-corrected chi connectivity index (χ3v) is 13.0. The molecule has 53 heavy (non-hydrogen) atoms. The van der Waals surface area contributed by atoms with Crippen molar-refractivity contribution in [1.82, 2.24) is 15.1 Å². The van der Waals surface area contributed by atoms with Crippen molar-refractivity contribution >= 4 is 29.2 Å². The van der Waals surface area contributed by atoms with E-state index < -0.39 is 47.6 Å². The van der Waals surface area contributed by atoms with Gasteiger partial charge < -0.3 is 24.6 Å². The summed E-state index contributed by atoms with van der Waals surface area (Å²) in [6.45, 7) is 13.4. The van der Waals surface area contributed by atoms with Gasteiger partial charge in [0.05, 0.1) is 10.7 Å². The lowest BCUT2D eigenvalue weighted by atomic mass is 9.55. The highest BCUT2D eigenvalue weighted by Crippen LogP contribution is 2.53. The summed E-state index contributed by atoms with van der Waals surface area (Å²) in [5, 5.41) is 29.9. The van der Waals surface area contributed by atoms with Crippen LogP contribution in [0, 0.1) is 23.7 Å². The molecule has 11 nitrogen and oxygen atoms in total. The molecule has 2 aliphatic carbocycles. The fourth-order valence-electron chi connectivity index (χ4n) is 9.91. The number of anilines is 1. The molecule has 7 rings (SSSR count). The number of carbonyl (C=O) groups excluding carboxylic acids is 2. The van der Waals surface area contributed by atoms with Crippen molar-refractivity contribution in [2.75, 3.05) is 44.8 Å². The summed E-state index contributed by atoms with van der Waals surface area (Å²) in [5.41, 5.74) is 0.121. The first-order valence-electron chi connectivity index (χ1n) is 19.2. The Morgan fingerprint density at radius 1 is 1.04 bits per heavy atom. The number of hydrogen-bond donors (Lipinski definition) is 3. The van der Waals surface area contributed by atoms with E-state index in [1.807, 2.05) is 13.8 Å². The molecule has 0 amide bonds. The van der Waals surface area contributed by atoms with Crippen molar-refractivity contribution < 1.29 is 34.1 Å². The third kappa shape index (κ3) is 7.26. The molecule has 5 aliphatic rings. The molecule has 0 bridgehead atoms. The minimum absolute atomic E-state index is 0.0346. The second-order valence-electron chi connectivity index (χ2n) is 16.2. The Kier molecular flexibility index (Phi) is 11.0. The molecule has 3 fully saturated rings. The van der Waals surface area contributed by atoms with Gasteiger partial charge in [-0.2, -0.15) is 0 Å². The molecule has 3 N–H and O–H groups in total. The smallest absolute Gasteiger partial charge is 0.323 e. The standard InChI is InChI=1S/C41H55ClN4O7/c1-25-21-32-30(26(2)23-45-17-10-18-46(20-19-45)24-29-11-7-6-8-12-29)16-15-27(3)41(32,50)37(36(25)51-28(4)47)52-38(48)34-22-40(49)31-13-9-14-33(42)35(31)44(5)53-39(40)43-34/h6-9,11-14,21,26-27,30,32,34,36-37,39,43,49-50H,10,15-20,22-24H2,1-5H3/t26?,27-,30+,32-,34+,36-,37+,39-,40-,41-/m1/s1. The van der Waals surface area contributed by atoms with E-state index >= 15 is 0 Å². The number of esters is 2. The van der Waals surface area contributed by atoms with Gasteiger partial charge in [0, 0.05) is 58.1 Å². The Hall–Kier alpha value is -3.03. The fourth-order valence-corrected chi connectivity index (χ4v) is 10.2. The Labute approximate surface area is 318 Å². The zero-order chi connectivity index (χ0) is 37.7. The number of hydrogen-bond acceptors (Lipinski definition) is 11. The van der Waals surface area contributed by atoms with E-state index in [9.17, 15) is 19.8 Å². The number of rotatable bonds is 8. The molecule has 0 aromatic heterocycles. The molecule has 1 saturated carbocycles.